The predicted molar refractivity (Wildman–Crippen MR) is 75.3 cm³/mol. The fraction of sp³-hybridized carbons (Fsp3) is 0.462. The molecule has 2 N–H and O–H groups in total. The van der Waals surface area contributed by atoms with Gasteiger partial charge < -0.3 is 10.6 Å². The zero-order chi connectivity index (χ0) is 13.8. The molecule has 1 amide bonds. The Morgan fingerprint density at radius 3 is 2.42 bits per heavy atom. The van der Waals surface area contributed by atoms with E-state index in [-0.39, 0.29) is 22.5 Å². The van der Waals surface area contributed by atoms with Gasteiger partial charge >= 0.3 is 0 Å². The van der Waals surface area contributed by atoms with Crippen molar-refractivity contribution in [2.24, 2.45) is 0 Å². The van der Waals surface area contributed by atoms with Crippen LogP contribution in [0.4, 0.5) is 10.1 Å². The lowest BCUT2D eigenvalue weighted by atomic mass is 10.2. The largest absolute Gasteiger partial charge is 0.325 e. The summed E-state index contributed by atoms with van der Waals surface area (Å²) in [6, 6.07) is 3.11. The first-order valence-corrected chi connectivity index (χ1v) is 6.99. The molecule has 19 heavy (non-hydrogen) atoms. The monoisotopic (exact) mass is 304 g/mol. The van der Waals surface area contributed by atoms with Crippen LogP contribution in [-0.2, 0) is 4.79 Å². The topological polar surface area (TPSA) is 41.1 Å². The number of carbonyl (C=O) groups is 1. The van der Waals surface area contributed by atoms with Gasteiger partial charge in [-0.05, 0) is 25.0 Å². The second-order valence-corrected chi connectivity index (χ2v) is 5.48. The van der Waals surface area contributed by atoms with E-state index in [9.17, 15) is 9.18 Å². The molecule has 3 nitrogen and oxygen atoms in total. The molecule has 1 aromatic rings. The predicted octanol–water partition coefficient (Wildman–Crippen LogP) is 3.60. The Bertz CT molecular complexity index is 453. The maximum absolute atomic E-state index is 13.2. The smallest absolute Gasteiger partial charge is 0.238 e. The van der Waals surface area contributed by atoms with E-state index in [0.29, 0.717) is 11.7 Å². The molecule has 0 radical (unpaired) electrons. The van der Waals surface area contributed by atoms with Crippen molar-refractivity contribution in [3.8, 4) is 0 Å². The maximum atomic E-state index is 13.2. The first-order chi connectivity index (χ1) is 9.06. The fourth-order valence-corrected chi connectivity index (χ4v) is 2.69. The van der Waals surface area contributed by atoms with Gasteiger partial charge in [-0.2, -0.15) is 0 Å². The Labute approximate surface area is 121 Å². The third kappa shape index (κ3) is 4.06. The number of hydrogen-bond acceptors (Lipinski definition) is 2. The minimum Gasteiger partial charge on any atom is -0.325 e. The van der Waals surface area contributed by atoms with E-state index in [1.165, 1.54) is 25.0 Å². The molecule has 1 aromatic carbocycles. The molecule has 1 saturated carbocycles. The molecule has 1 fully saturated rings. The van der Waals surface area contributed by atoms with Gasteiger partial charge in [0.2, 0.25) is 5.91 Å². The van der Waals surface area contributed by atoms with Crippen LogP contribution in [0.25, 0.3) is 0 Å². The van der Waals surface area contributed by atoms with Crippen LogP contribution in [0.1, 0.15) is 25.7 Å². The number of halogens is 3. The van der Waals surface area contributed by atoms with Gasteiger partial charge in [0.15, 0.2) is 5.82 Å². The SMILES string of the molecule is O=C(CNC1CCCC1)Nc1cc(Cl)c(F)c(Cl)c1. The third-order valence-electron chi connectivity index (χ3n) is 3.17. The lowest BCUT2D eigenvalue weighted by molar-refractivity contribution is -0.115. The number of nitrogens with one attached hydrogen (secondary N) is 2. The van der Waals surface area contributed by atoms with Crippen LogP contribution in [-0.4, -0.2) is 18.5 Å². The van der Waals surface area contributed by atoms with Gasteiger partial charge in [0.25, 0.3) is 0 Å². The van der Waals surface area contributed by atoms with Crippen molar-refractivity contribution in [2.45, 2.75) is 31.7 Å². The van der Waals surface area contributed by atoms with Gasteiger partial charge in [0.05, 0.1) is 16.6 Å². The van der Waals surface area contributed by atoms with Crippen molar-refractivity contribution in [3.05, 3.63) is 28.0 Å². The number of carbonyl (C=O) groups excluding carboxylic acids is 1. The van der Waals surface area contributed by atoms with Crippen LogP contribution in [0.2, 0.25) is 10.0 Å². The number of hydrogen-bond donors (Lipinski definition) is 2. The summed E-state index contributed by atoms with van der Waals surface area (Å²) in [7, 11) is 0. The quantitative estimate of drug-likeness (QED) is 0.835. The minimum absolute atomic E-state index is 0.105. The molecular formula is C13H15Cl2FN2O. The molecule has 0 unspecified atom stereocenters. The number of anilines is 1. The van der Waals surface area contributed by atoms with Gasteiger partial charge in [-0.3, -0.25) is 4.79 Å². The lowest BCUT2D eigenvalue weighted by Crippen LogP contribution is -2.34. The van der Waals surface area contributed by atoms with Crippen LogP contribution in [0, 0.1) is 5.82 Å². The zero-order valence-corrected chi connectivity index (χ0v) is 11.8. The van der Waals surface area contributed by atoms with Crippen LogP contribution in [0.3, 0.4) is 0 Å². The van der Waals surface area contributed by atoms with Crippen molar-refractivity contribution in [1.82, 2.24) is 5.32 Å². The first-order valence-electron chi connectivity index (χ1n) is 6.24. The summed E-state index contributed by atoms with van der Waals surface area (Å²) in [5.74, 6) is -0.865. The second kappa shape index (κ2) is 6.55. The van der Waals surface area contributed by atoms with E-state index in [0.717, 1.165) is 12.8 Å². The summed E-state index contributed by atoms with van der Waals surface area (Å²) in [6.07, 6.45) is 4.65. The van der Waals surface area contributed by atoms with Crippen LogP contribution < -0.4 is 10.6 Å². The minimum atomic E-state index is -0.676. The van der Waals surface area contributed by atoms with Gasteiger partial charge in [-0.15, -0.1) is 0 Å². The van der Waals surface area contributed by atoms with Gasteiger partial charge in [0.1, 0.15) is 0 Å². The van der Waals surface area contributed by atoms with Crippen molar-refractivity contribution in [1.29, 1.82) is 0 Å². The Hall–Kier alpha value is -0.840. The average molecular weight is 305 g/mol. The Morgan fingerprint density at radius 1 is 1.26 bits per heavy atom. The first kappa shape index (κ1) is 14.6. The summed E-state index contributed by atoms with van der Waals surface area (Å²) in [4.78, 5) is 11.7. The zero-order valence-electron chi connectivity index (χ0n) is 10.3. The molecule has 104 valence electrons. The summed E-state index contributed by atoms with van der Waals surface area (Å²) in [6.45, 7) is 0.233. The highest BCUT2D eigenvalue weighted by Gasteiger charge is 2.15. The number of rotatable bonds is 4. The molecule has 6 heteroatoms. The summed E-state index contributed by atoms with van der Waals surface area (Å²) < 4.78 is 13.2. The molecule has 0 spiro atoms. The van der Waals surface area contributed by atoms with E-state index >= 15 is 0 Å². The summed E-state index contributed by atoms with van der Waals surface area (Å²) >= 11 is 11.3. The highest BCUT2D eigenvalue weighted by Crippen LogP contribution is 2.27. The molecule has 0 heterocycles. The van der Waals surface area contributed by atoms with E-state index in [1.807, 2.05) is 0 Å². The standard InChI is InChI=1S/C13H15Cl2FN2O/c14-10-5-9(6-11(15)13(10)16)18-12(19)7-17-8-3-1-2-4-8/h5-6,8,17H,1-4,7H2,(H,18,19). The van der Waals surface area contributed by atoms with Gasteiger partial charge in [0, 0.05) is 11.7 Å². The fourth-order valence-electron chi connectivity index (χ4n) is 2.20. The average Bonchev–Trinajstić information content (AvgIpc) is 2.86. The Kier molecular flexibility index (Phi) is 5.02. The van der Waals surface area contributed by atoms with Crippen molar-refractivity contribution in [3.63, 3.8) is 0 Å². The highest BCUT2D eigenvalue weighted by molar-refractivity contribution is 6.35. The summed E-state index contributed by atoms with van der Waals surface area (Å²) in [5, 5.41) is 5.62. The molecular weight excluding hydrogens is 290 g/mol. The van der Waals surface area contributed by atoms with E-state index < -0.39 is 5.82 Å². The van der Waals surface area contributed by atoms with E-state index in [1.54, 1.807) is 0 Å². The lowest BCUT2D eigenvalue weighted by Gasteiger charge is -2.12. The Balaban J connectivity index is 1.87. The molecule has 0 bridgehead atoms. The molecule has 1 aliphatic carbocycles. The Morgan fingerprint density at radius 2 is 1.84 bits per heavy atom. The molecule has 1 aliphatic rings. The maximum Gasteiger partial charge on any atom is 0.238 e. The normalized spacial score (nSPS) is 15.7. The van der Waals surface area contributed by atoms with Crippen LogP contribution in [0.5, 0.6) is 0 Å². The molecule has 0 atom stereocenters. The van der Waals surface area contributed by atoms with Crippen molar-refractivity contribution < 1.29 is 9.18 Å². The van der Waals surface area contributed by atoms with Crippen molar-refractivity contribution in [2.75, 3.05) is 11.9 Å². The van der Waals surface area contributed by atoms with Crippen molar-refractivity contribution >= 4 is 34.8 Å². The third-order valence-corrected chi connectivity index (χ3v) is 3.72. The van der Waals surface area contributed by atoms with E-state index in [2.05, 4.69) is 10.6 Å². The van der Waals surface area contributed by atoms with E-state index in [4.69, 9.17) is 23.2 Å². The van der Waals surface area contributed by atoms with Gasteiger partial charge in [-0.25, -0.2) is 4.39 Å². The molecule has 0 aliphatic heterocycles. The van der Waals surface area contributed by atoms with Crippen LogP contribution >= 0.6 is 23.2 Å². The molecule has 0 saturated heterocycles. The molecule has 0 aromatic heterocycles. The highest BCUT2D eigenvalue weighted by atomic mass is 35.5. The van der Waals surface area contributed by atoms with Gasteiger partial charge in [-0.1, -0.05) is 36.0 Å². The van der Waals surface area contributed by atoms with Crippen LogP contribution in [0.15, 0.2) is 12.1 Å². The second-order valence-electron chi connectivity index (χ2n) is 4.66. The number of benzene rings is 1. The number of amides is 1. The molecule has 2 rings (SSSR count). The summed E-state index contributed by atoms with van der Waals surface area (Å²) in [5.41, 5.74) is 0.398.